The van der Waals surface area contributed by atoms with Crippen LogP contribution in [0.1, 0.15) is 25.2 Å². The van der Waals surface area contributed by atoms with Gasteiger partial charge in [-0.2, -0.15) is 0 Å². The fourth-order valence-corrected chi connectivity index (χ4v) is 3.71. The highest BCUT2D eigenvalue weighted by Gasteiger charge is 2.17. The summed E-state index contributed by atoms with van der Waals surface area (Å²) >= 11 is 7.11. The predicted octanol–water partition coefficient (Wildman–Crippen LogP) is 3.85. The van der Waals surface area contributed by atoms with Gasteiger partial charge in [-0.25, -0.2) is 0 Å². The molecule has 0 saturated carbocycles. The Labute approximate surface area is 202 Å². The first-order valence-electron chi connectivity index (χ1n) is 10.5. The highest BCUT2D eigenvalue weighted by Crippen LogP contribution is 2.18. The molecule has 0 saturated heterocycles. The zero-order valence-electron chi connectivity index (χ0n) is 18.7. The number of hydrogen-bond acceptors (Lipinski definition) is 6. The normalized spacial score (nSPS) is 11.6. The van der Waals surface area contributed by atoms with Crippen LogP contribution < -0.4 is 15.4 Å². The van der Waals surface area contributed by atoms with E-state index in [1.165, 1.54) is 17.3 Å². The predicted molar refractivity (Wildman–Crippen MR) is 130 cm³/mol. The lowest BCUT2D eigenvalue weighted by atomic mass is 10.2. The van der Waals surface area contributed by atoms with Crippen LogP contribution in [0.5, 0.6) is 5.75 Å². The van der Waals surface area contributed by atoms with Gasteiger partial charge in [0.15, 0.2) is 17.1 Å². The van der Waals surface area contributed by atoms with Crippen molar-refractivity contribution in [2.24, 2.45) is 7.05 Å². The molecule has 0 radical (unpaired) electrons. The summed E-state index contributed by atoms with van der Waals surface area (Å²) in [5, 5.41) is 15.0. The minimum absolute atomic E-state index is 0.168. The molecule has 174 valence electrons. The topological polar surface area (TPSA) is 98.1 Å². The van der Waals surface area contributed by atoms with Crippen molar-refractivity contribution in [2.45, 2.75) is 38.1 Å². The van der Waals surface area contributed by atoms with Gasteiger partial charge in [-0.05, 0) is 55.3 Å². The molecule has 2 N–H and O–H groups in total. The van der Waals surface area contributed by atoms with E-state index >= 15 is 0 Å². The molecular weight excluding hydrogens is 462 g/mol. The fourth-order valence-electron chi connectivity index (χ4n) is 2.86. The van der Waals surface area contributed by atoms with Gasteiger partial charge in [-0.15, -0.1) is 10.2 Å². The van der Waals surface area contributed by atoms with Gasteiger partial charge in [0, 0.05) is 17.8 Å². The number of nitrogens with one attached hydrogen (secondary N) is 2. The molecule has 0 unspecified atom stereocenters. The summed E-state index contributed by atoms with van der Waals surface area (Å²) < 4.78 is 7.45. The SMILES string of the molecule is CCc1ccc(O[C@@H](C)C(=O)NCc2nnc(SCC(=O)Nc3ccc(Cl)cc3)n2C)cc1. The zero-order valence-corrected chi connectivity index (χ0v) is 20.2. The van der Waals surface area contributed by atoms with E-state index < -0.39 is 6.10 Å². The number of rotatable bonds is 10. The molecular formula is C23H26ClN5O3S. The van der Waals surface area contributed by atoms with Crippen molar-refractivity contribution in [3.8, 4) is 5.75 Å². The molecule has 10 heteroatoms. The first-order valence-corrected chi connectivity index (χ1v) is 11.8. The number of aryl methyl sites for hydroxylation is 1. The third kappa shape index (κ3) is 7.23. The van der Waals surface area contributed by atoms with Gasteiger partial charge in [0.1, 0.15) is 5.75 Å². The number of carbonyl (C=O) groups is 2. The number of benzene rings is 2. The average Bonchev–Trinajstić information content (AvgIpc) is 3.17. The molecule has 0 aliphatic rings. The third-order valence-electron chi connectivity index (χ3n) is 4.82. The molecule has 8 nitrogen and oxygen atoms in total. The van der Waals surface area contributed by atoms with Crippen LogP contribution in [0.25, 0.3) is 0 Å². The van der Waals surface area contributed by atoms with E-state index in [4.69, 9.17) is 16.3 Å². The van der Waals surface area contributed by atoms with Crippen LogP contribution in [0.15, 0.2) is 53.7 Å². The quantitative estimate of drug-likeness (QED) is 0.421. The van der Waals surface area contributed by atoms with Crippen LogP contribution >= 0.6 is 23.4 Å². The molecule has 1 atom stereocenters. The smallest absolute Gasteiger partial charge is 0.261 e. The van der Waals surface area contributed by atoms with Gasteiger partial charge in [-0.1, -0.05) is 42.4 Å². The number of carbonyl (C=O) groups excluding carboxylic acids is 2. The number of ether oxygens (including phenoxy) is 1. The van der Waals surface area contributed by atoms with Crippen molar-refractivity contribution in [3.05, 3.63) is 64.9 Å². The number of halogens is 1. The van der Waals surface area contributed by atoms with Gasteiger partial charge in [0.2, 0.25) is 5.91 Å². The van der Waals surface area contributed by atoms with Gasteiger partial charge >= 0.3 is 0 Å². The largest absolute Gasteiger partial charge is 0.481 e. The first kappa shape index (κ1) is 24.6. The number of amides is 2. The van der Waals surface area contributed by atoms with E-state index in [-0.39, 0.29) is 24.1 Å². The zero-order chi connectivity index (χ0) is 23.8. The molecule has 2 aromatic carbocycles. The lowest BCUT2D eigenvalue weighted by Crippen LogP contribution is -2.36. The monoisotopic (exact) mass is 487 g/mol. The molecule has 2 amide bonds. The number of aromatic nitrogens is 3. The molecule has 3 aromatic rings. The van der Waals surface area contributed by atoms with Gasteiger partial charge in [-0.3, -0.25) is 9.59 Å². The van der Waals surface area contributed by atoms with Crippen molar-refractivity contribution in [1.82, 2.24) is 20.1 Å². The van der Waals surface area contributed by atoms with E-state index in [1.54, 1.807) is 42.8 Å². The highest BCUT2D eigenvalue weighted by molar-refractivity contribution is 7.99. The van der Waals surface area contributed by atoms with E-state index in [9.17, 15) is 9.59 Å². The highest BCUT2D eigenvalue weighted by atomic mass is 35.5. The Morgan fingerprint density at radius 2 is 1.82 bits per heavy atom. The number of anilines is 1. The standard InChI is InChI=1S/C23H26ClN5O3S/c1-4-16-5-11-19(12-6-16)32-15(2)22(31)25-13-20-27-28-23(29(20)3)33-14-21(30)26-18-9-7-17(24)8-10-18/h5-12,15H,4,13-14H2,1-3H3,(H,25,31)(H,26,30)/t15-/m0/s1. The summed E-state index contributed by atoms with van der Waals surface area (Å²) in [5.74, 6) is 0.961. The van der Waals surface area contributed by atoms with E-state index in [0.29, 0.717) is 27.4 Å². The van der Waals surface area contributed by atoms with E-state index in [1.807, 2.05) is 24.3 Å². The molecule has 0 bridgehead atoms. The van der Waals surface area contributed by atoms with Crippen molar-refractivity contribution < 1.29 is 14.3 Å². The maximum absolute atomic E-state index is 12.4. The number of nitrogens with zero attached hydrogens (tertiary/aromatic N) is 3. The maximum Gasteiger partial charge on any atom is 0.261 e. The lowest BCUT2D eigenvalue weighted by Gasteiger charge is -2.15. The first-order chi connectivity index (χ1) is 15.9. The Hall–Kier alpha value is -3.04. The minimum Gasteiger partial charge on any atom is -0.481 e. The molecule has 0 spiro atoms. The summed E-state index contributed by atoms with van der Waals surface area (Å²) in [7, 11) is 1.79. The minimum atomic E-state index is -0.656. The summed E-state index contributed by atoms with van der Waals surface area (Å²) in [6.07, 6.45) is 0.289. The maximum atomic E-state index is 12.4. The molecule has 1 heterocycles. The van der Waals surface area contributed by atoms with Crippen molar-refractivity contribution in [3.63, 3.8) is 0 Å². The van der Waals surface area contributed by atoms with Gasteiger partial charge in [0.25, 0.3) is 5.91 Å². The molecule has 33 heavy (non-hydrogen) atoms. The second kappa shape index (κ2) is 11.7. The second-order valence-electron chi connectivity index (χ2n) is 7.28. The van der Waals surface area contributed by atoms with Crippen molar-refractivity contribution in [1.29, 1.82) is 0 Å². The lowest BCUT2D eigenvalue weighted by molar-refractivity contribution is -0.127. The Balaban J connectivity index is 1.46. The van der Waals surface area contributed by atoms with Crippen LogP contribution in [0.4, 0.5) is 5.69 Å². The van der Waals surface area contributed by atoms with Gasteiger partial charge in [0.05, 0.1) is 12.3 Å². The van der Waals surface area contributed by atoms with Crippen LogP contribution in [-0.4, -0.2) is 38.4 Å². The van der Waals surface area contributed by atoms with Crippen LogP contribution in [0.2, 0.25) is 5.02 Å². The Kier molecular flexibility index (Phi) is 8.73. The summed E-state index contributed by atoms with van der Waals surface area (Å²) in [4.78, 5) is 24.6. The summed E-state index contributed by atoms with van der Waals surface area (Å²) in [6.45, 7) is 3.97. The molecule has 0 aliphatic heterocycles. The third-order valence-corrected chi connectivity index (χ3v) is 6.09. The van der Waals surface area contributed by atoms with Crippen molar-refractivity contribution >= 4 is 40.9 Å². The second-order valence-corrected chi connectivity index (χ2v) is 8.66. The van der Waals surface area contributed by atoms with Crippen molar-refractivity contribution in [2.75, 3.05) is 11.1 Å². The van der Waals surface area contributed by atoms with Crippen LogP contribution in [0.3, 0.4) is 0 Å². The Bertz CT molecular complexity index is 1090. The summed E-state index contributed by atoms with van der Waals surface area (Å²) in [6, 6.07) is 14.6. The van der Waals surface area contributed by atoms with Crippen LogP contribution in [0, 0.1) is 0 Å². The average molecular weight is 488 g/mol. The molecule has 1 aromatic heterocycles. The summed E-state index contributed by atoms with van der Waals surface area (Å²) in [5.41, 5.74) is 1.88. The molecule has 3 rings (SSSR count). The Morgan fingerprint density at radius 1 is 1.12 bits per heavy atom. The molecule has 0 fully saturated rings. The number of hydrogen-bond donors (Lipinski definition) is 2. The molecule has 0 aliphatic carbocycles. The fraction of sp³-hybridized carbons (Fsp3) is 0.304. The Morgan fingerprint density at radius 3 is 2.48 bits per heavy atom. The van der Waals surface area contributed by atoms with Gasteiger partial charge < -0.3 is 19.9 Å². The number of thioether (sulfide) groups is 1. The van der Waals surface area contributed by atoms with Crippen LogP contribution in [-0.2, 0) is 29.6 Å². The van der Waals surface area contributed by atoms with E-state index in [2.05, 4.69) is 27.8 Å². The van der Waals surface area contributed by atoms with E-state index in [0.717, 1.165) is 6.42 Å².